The van der Waals surface area contributed by atoms with Crippen LogP contribution in [-0.4, -0.2) is 25.2 Å². The fourth-order valence-corrected chi connectivity index (χ4v) is 2.86. The van der Waals surface area contributed by atoms with E-state index in [0.29, 0.717) is 12.1 Å². The normalized spacial score (nSPS) is 11.0. The Balaban J connectivity index is 1.55. The number of fused-ring (bicyclic) bond motifs is 1. The standard InChI is InChI=1S/C19H18N6O/c1-12-7-14-9-15(19(26)22-18(14)8-13(12)2)10-20-16-3-5-17(6-4-16)25-11-21-23-24-25/h3-9,11,20H,10H2,1-2H3,(H,22,26). The molecule has 0 spiro atoms. The molecule has 2 N–H and O–H groups in total. The van der Waals surface area contributed by atoms with Gasteiger partial charge in [0.05, 0.1) is 5.69 Å². The number of hydrogen-bond acceptors (Lipinski definition) is 5. The number of nitrogens with zero attached hydrogens (tertiary/aromatic N) is 4. The molecule has 4 aromatic rings. The second-order valence-electron chi connectivity index (χ2n) is 6.30. The Labute approximate surface area is 149 Å². The number of hydrogen-bond donors (Lipinski definition) is 2. The maximum absolute atomic E-state index is 12.3. The summed E-state index contributed by atoms with van der Waals surface area (Å²) in [6.45, 7) is 4.56. The lowest BCUT2D eigenvalue weighted by Gasteiger charge is -2.09. The van der Waals surface area contributed by atoms with Crippen molar-refractivity contribution in [1.82, 2.24) is 25.2 Å². The molecule has 0 saturated carbocycles. The van der Waals surface area contributed by atoms with Gasteiger partial charge in [0.15, 0.2) is 0 Å². The van der Waals surface area contributed by atoms with E-state index in [1.54, 1.807) is 11.0 Å². The second-order valence-corrected chi connectivity index (χ2v) is 6.30. The van der Waals surface area contributed by atoms with E-state index in [9.17, 15) is 4.79 Å². The first-order valence-electron chi connectivity index (χ1n) is 8.30. The van der Waals surface area contributed by atoms with E-state index >= 15 is 0 Å². The number of anilines is 1. The number of nitrogens with one attached hydrogen (secondary N) is 2. The summed E-state index contributed by atoms with van der Waals surface area (Å²) in [5, 5.41) is 15.4. The van der Waals surface area contributed by atoms with Crippen LogP contribution in [0, 0.1) is 13.8 Å². The Morgan fingerprint density at radius 1 is 1.08 bits per heavy atom. The Morgan fingerprint density at radius 3 is 2.58 bits per heavy atom. The van der Waals surface area contributed by atoms with Crippen molar-refractivity contribution in [2.24, 2.45) is 0 Å². The summed E-state index contributed by atoms with van der Waals surface area (Å²) >= 11 is 0. The van der Waals surface area contributed by atoms with E-state index in [-0.39, 0.29) is 5.56 Å². The van der Waals surface area contributed by atoms with Gasteiger partial charge in [0.2, 0.25) is 0 Å². The summed E-state index contributed by atoms with van der Waals surface area (Å²) in [6, 6.07) is 13.7. The predicted octanol–water partition coefficient (Wildman–Crippen LogP) is 2.73. The van der Waals surface area contributed by atoms with Gasteiger partial charge >= 0.3 is 0 Å². The zero-order valence-corrected chi connectivity index (χ0v) is 14.5. The molecule has 0 amide bonds. The van der Waals surface area contributed by atoms with Gasteiger partial charge in [-0.15, -0.1) is 5.10 Å². The molecule has 2 aromatic heterocycles. The number of tetrazole rings is 1. The molecular weight excluding hydrogens is 328 g/mol. The van der Waals surface area contributed by atoms with E-state index in [0.717, 1.165) is 22.3 Å². The van der Waals surface area contributed by atoms with Crippen LogP contribution < -0.4 is 10.9 Å². The largest absolute Gasteiger partial charge is 0.381 e. The third-order valence-corrected chi connectivity index (χ3v) is 4.50. The monoisotopic (exact) mass is 346 g/mol. The van der Waals surface area contributed by atoms with Gasteiger partial charge in [0, 0.05) is 23.3 Å². The summed E-state index contributed by atoms with van der Waals surface area (Å²) in [4.78, 5) is 15.3. The van der Waals surface area contributed by atoms with Crippen LogP contribution in [0.1, 0.15) is 16.7 Å². The molecule has 0 aliphatic rings. The van der Waals surface area contributed by atoms with Gasteiger partial charge < -0.3 is 10.3 Å². The Kier molecular flexibility index (Phi) is 3.96. The van der Waals surface area contributed by atoms with Crippen molar-refractivity contribution in [2.75, 3.05) is 5.32 Å². The molecular formula is C19H18N6O. The van der Waals surface area contributed by atoms with Gasteiger partial charge in [-0.2, -0.15) is 0 Å². The van der Waals surface area contributed by atoms with Crippen molar-refractivity contribution >= 4 is 16.6 Å². The third-order valence-electron chi connectivity index (χ3n) is 4.50. The lowest BCUT2D eigenvalue weighted by Crippen LogP contribution is -2.15. The summed E-state index contributed by atoms with van der Waals surface area (Å²) in [7, 11) is 0. The molecule has 26 heavy (non-hydrogen) atoms. The van der Waals surface area contributed by atoms with Crippen molar-refractivity contribution < 1.29 is 0 Å². The highest BCUT2D eigenvalue weighted by Gasteiger charge is 2.05. The smallest absolute Gasteiger partial charge is 0.253 e. The van der Waals surface area contributed by atoms with Crippen molar-refractivity contribution in [3.05, 3.63) is 75.8 Å². The number of aromatic nitrogens is 5. The molecule has 7 nitrogen and oxygen atoms in total. The maximum Gasteiger partial charge on any atom is 0.253 e. The summed E-state index contributed by atoms with van der Waals surface area (Å²) in [5.41, 5.74) is 5.66. The first-order valence-corrected chi connectivity index (χ1v) is 8.30. The Morgan fingerprint density at radius 2 is 1.85 bits per heavy atom. The van der Waals surface area contributed by atoms with E-state index in [1.807, 2.05) is 43.3 Å². The molecule has 0 radical (unpaired) electrons. The molecule has 0 unspecified atom stereocenters. The van der Waals surface area contributed by atoms with Crippen LogP contribution in [0.5, 0.6) is 0 Å². The highest BCUT2D eigenvalue weighted by atomic mass is 16.1. The number of aromatic amines is 1. The van der Waals surface area contributed by atoms with Crippen LogP contribution in [0.25, 0.3) is 16.6 Å². The van der Waals surface area contributed by atoms with E-state index in [2.05, 4.69) is 38.8 Å². The molecule has 4 rings (SSSR count). The quantitative estimate of drug-likeness (QED) is 0.593. The molecule has 0 aliphatic carbocycles. The highest BCUT2D eigenvalue weighted by molar-refractivity contribution is 5.80. The van der Waals surface area contributed by atoms with Crippen LogP contribution >= 0.6 is 0 Å². The topological polar surface area (TPSA) is 88.5 Å². The highest BCUT2D eigenvalue weighted by Crippen LogP contribution is 2.18. The summed E-state index contributed by atoms with van der Waals surface area (Å²) in [5.74, 6) is 0. The maximum atomic E-state index is 12.3. The fourth-order valence-electron chi connectivity index (χ4n) is 2.86. The molecule has 0 fully saturated rings. The third kappa shape index (κ3) is 3.06. The molecule has 130 valence electrons. The number of benzene rings is 2. The van der Waals surface area contributed by atoms with Gasteiger partial charge in [0.25, 0.3) is 5.56 Å². The number of aryl methyl sites for hydroxylation is 2. The molecule has 0 atom stereocenters. The zero-order valence-electron chi connectivity index (χ0n) is 14.5. The minimum absolute atomic E-state index is 0.0708. The van der Waals surface area contributed by atoms with Crippen molar-refractivity contribution in [1.29, 1.82) is 0 Å². The van der Waals surface area contributed by atoms with Crippen LogP contribution in [-0.2, 0) is 6.54 Å². The van der Waals surface area contributed by atoms with Gasteiger partial charge in [-0.3, -0.25) is 4.79 Å². The molecule has 2 heterocycles. The van der Waals surface area contributed by atoms with E-state index in [4.69, 9.17) is 0 Å². The van der Waals surface area contributed by atoms with E-state index < -0.39 is 0 Å². The van der Waals surface area contributed by atoms with Crippen molar-refractivity contribution in [3.63, 3.8) is 0 Å². The number of pyridine rings is 1. The zero-order chi connectivity index (χ0) is 18.1. The molecule has 0 saturated heterocycles. The Hall–Kier alpha value is -3.48. The lowest BCUT2D eigenvalue weighted by atomic mass is 10.0. The lowest BCUT2D eigenvalue weighted by molar-refractivity contribution is 0.789. The molecule has 2 aromatic carbocycles. The summed E-state index contributed by atoms with van der Waals surface area (Å²) < 4.78 is 1.59. The van der Waals surface area contributed by atoms with Crippen molar-refractivity contribution in [2.45, 2.75) is 20.4 Å². The first kappa shape index (κ1) is 16.0. The second kappa shape index (κ2) is 6.44. The predicted molar refractivity (Wildman–Crippen MR) is 101 cm³/mol. The van der Waals surface area contributed by atoms with Crippen LogP contribution in [0.4, 0.5) is 5.69 Å². The molecule has 7 heteroatoms. The minimum Gasteiger partial charge on any atom is -0.381 e. The summed E-state index contributed by atoms with van der Waals surface area (Å²) in [6.07, 6.45) is 1.54. The van der Waals surface area contributed by atoms with Gasteiger partial charge in [0.1, 0.15) is 6.33 Å². The van der Waals surface area contributed by atoms with Gasteiger partial charge in [-0.25, -0.2) is 4.68 Å². The molecule has 0 bridgehead atoms. The fraction of sp³-hybridized carbons (Fsp3) is 0.158. The Bertz CT molecular complexity index is 1110. The van der Waals surface area contributed by atoms with Crippen molar-refractivity contribution in [3.8, 4) is 5.69 Å². The minimum atomic E-state index is -0.0708. The SMILES string of the molecule is Cc1cc2cc(CNc3ccc(-n4cnnn4)cc3)c(=O)[nH]c2cc1C. The average Bonchev–Trinajstić information content (AvgIpc) is 3.17. The van der Waals surface area contributed by atoms with E-state index in [1.165, 1.54) is 11.1 Å². The average molecular weight is 346 g/mol. The molecule has 0 aliphatic heterocycles. The number of H-pyrrole nitrogens is 1. The van der Waals surface area contributed by atoms with Gasteiger partial charge in [-0.1, -0.05) is 0 Å². The van der Waals surface area contributed by atoms with Gasteiger partial charge in [-0.05, 0) is 83.3 Å². The van der Waals surface area contributed by atoms with Crippen LogP contribution in [0.15, 0.2) is 53.6 Å². The first-order chi connectivity index (χ1) is 12.6. The van der Waals surface area contributed by atoms with Crippen LogP contribution in [0.3, 0.4) is 0 Å². The van der Waals surface area contributed by atoms with Crippen LogP contribution in [0.2, 0.25) is 0 Å². The number of rotatable bonds is 4.